The molecule has 1 heterocycles. The third kappa shape index (κ3) is 4.39. The van der Waals surface area contributed by atoms with Crippen LogP contribution in [0.2, 0.25) is 5.02 Å². The lowest BCUT2D eigenvalue weighted by molar-refractivity contribution is 0.628. The van der Waals surface area contributed by atoms with Crippen molar-refractivity contribution in [1.82, 2.24) is 15.1 Å². The number of halogens is 3. The summed E-state index contributed by atoms with van der Waals surface area (Å²) in [6, 6.07) is 4.33. The highest BCUT2D eigenvalue weighted by atomic mass is 79.9. The van der Waals surface area contributed by atoms with Crippen molar-refractivity contribution in [2.45, 2.75) is 20.0 Å². The summed E-state index contributed by atoms with van der Waals surface area (Å²) in [5.74, 6) is -0.463. The lowest BCUT2D eigenvalue weighted by atomic mass is 10.3. The van der Waals surface area contributed by atoms with Crippen molar-refractivity contribution in [2.75, 3.05) is 5.32 Å². The molecule has 0 amide bonds. The van der Waals surface area contributed by atoms with Crippen LogP contribution in [0.4, 0.5) is 10.1 Å². The minimum Gasteiger partial charge on any atom is -0.357 e. The number of hydrogen-bond acceptors (Lipinski definition) is 2. The smallest absolute Gasteiger partial charge is 0.171 e. The normalized spacial score (nSPS) is 10.5. The van der Waals surface area contributed by atoms with Crippen molar-refractivity contribution >= 4 is 50.5 Å². The number of rotatable bonds is 4. The average Bonchev–Trinajstić information content (AvgIpc) is 2.81. The second kappa shape index (κ2) is 7.20. The van der Waals surface area contributed by atoms with E-state index in [9.17, 15) is 4.39 Å². The topological polar surface area (TPSA) is 41.9 Å². The maximum atomic E-state index is 13.1. The van der Waals surface area contributed by atoms with Gasteiger partial charge in [0, 0.05) is 18.4 Å². The van der Waals surface area contributed by atoms with Crippen LogP contribution in [0.5, 0.6) is 0 Å². The molecule has 1 aromatic carbocycles. The van der Waals surface area contributed by atoms with Gasteiger partial charge in [-0.25, -0.2) is 4.39 Å². The highest BCUT2D eigenvalue weighted by Gasteiger charge is 2.07. The van der Waals surface area contributed by atoms with E-state index in [0.717, 1.165) is 16.7 Å². The molecule has 0 radical (unpaired) electrons. The van der Waals surface area contributed by atoms with Crippen LogP contribution >= 0.6 is 39.7 Å². The third-order valence-electron chi connectivity index (χ3n) is 2.71. The van der Waals surface area contributed by atoms with E-state index in [-0.39, 0.29) is 5.02 Å². The van der Waals surface area contributed by atoms with Crippen LogP contribution in [0.1, 0.15) is 12.6 Å². The fourth-order valence-corrected chi connectivity index (χ4v) is 2.46. The van der Waals surface area contributed by atoms with Gasteiger partial charge in [0.15, 0.2) is 5.11 Å². The lowest BCUT2D eigenvalue weighted by Crippen LogP contribution is -2.28. The maximum Gasteiger partial charge on any atom is 0.171 e. The van der Waals surface area contributed by atoms with Gasteiger partial charge >= 0.3 is 0 Å². The third-order valence-corrected chi connectivity index (χ3v) is 3.90. The standard InChI is InChI=1S/C13H13BrClFN4S/c1-2-20-7-9(14)12(19-20)6-17-13(21)18-8-3-4-11(16)10(15)5-8/h3-5,7H,2,6H2,1H3,(H2,17,18,21). The zero-order valence-electron chi connectivity index (χ0n) is 11.2. The van der Waals surface area contributed by atoms with Gasteiger partial charge in [-0.2, -0.15) is 5.10 Å². The Balaban J connectivity index is 1.92. The van der Waals surface area contributed by atoms with Crippen molar-refractivity contribution < 1.29 is 4.39 Å². The van der Waals surface area contributed by atoms with Gasteiger partial charge in [-0.3, -0.25) is 4.68 Å². The van der Waals surface area contributed by atoms with E-state index in [1.54, 1.807) is 6.07 Å². The Labute approximate surface area is 140 Å². The Bertz CT molecular complexity index is 662. The molecular formula is C13H13BrClFN4S. The molecule has 0 aliphatic heterocycles. The summed E-state index contributed by atoms with van der Waals surface area (Å²) in [6.45, 7) is 3.30. The fraction of sp³-hybridized carbons (Fsp3) is 0.231. The number of nitrogens with zero attached hydrogens (tertiary/aromatic N) is 2. The first kappa shape index (κ1) is 16.2. The molecule has 21 heavy (non-hydrogen) atoms. The summed E-state index contributed by atoms with van der Waals surface area (Å²) in [4.78, 5) is 0. The van der Waals surface area contributed by atoms with Crippen molar-refractivity contribution in [1.29, 1.82) is 0 Å². The van der Waals surface area contributed by atoms with Crippen molar-refractivity contribution in [2.24, 2.45) is 0 Å². The van der Waals surface area contributed by atoms with Crippen LogP contribution in [0, 0.1) is 5.82 Å². The second-order valence-corrected chi connectivity index (χ2v) is 5.89. The molecule has 0 saturated heterocycles. The van der Waals surface area contributed by atoms with Gasteiger partial charge < -0.3 is 10.6 Å². The summed E-state index contributed by atoms with van der Waals surface area (Å²) < 4.78 is 15.8. The van der Waals surface area contributed by atoms with Gasteiger partial charge in [0.25, 0.3) is 0 Å². The van der Waals surface area contributed by atoms with E-state index >= 15 is 0 Å². The first-order valence-corrected chi connectivity index (χ1v) is 7.79. The van der Waals surface area contributed by atoms with Crippen molar-refractivity contribution in [3.63, 3.8) is 0 Å². The number of benzene rings is 1. The summed E-state index contributed by atoms with van der Waals surface area (Å²) in [6.07, 6.45) is 1.91. The van der Waals surface area contributed by atoms with Crippen LogP contribution in [0.25, 0.3) is 0 Å². The van der Waals surface area contributed by atoms with E-state index in [0.29, 0.717) is 17.3 Å². The first-order chi connectivity index (χ1) is 9.99. The number of anilines is 1. The number of aromatic nitrogens is 2. The number of thiocarbonyl (C=S) groups is 1. The predicted octanol–water partition coefficient (Wildman–Crippen LogP) is 3.94. The molecule has 0 atom stereocenters. The Kier molecular flexibility index (Phi) is 5.55. The largest absolute Gasteiger partial charge is 0.357 e. The Morgan fingerprint density at radius 2 is 2.29 bits per heavy atom. The van der Waals surface area contributed by atoms with Gasteiger partial charge in [-0.05, 0) is 53.3 Å². The van der Waals surface area contributed by atoms with Gasteiger partial charge in [0.2, 0.25) is 0 Å². The molecule has 0 bridgehead atoms. The van der Waals surface area contributed by atoms with Crippen LogP contribution < -0.4 is 10.6 Å². The predicted molar refractivity (Wildman–Crippen MR) is 90.1 cm³/mol. The molecule has 0 spiro atoms. The maximum absolute atomic E-state index is 13.1. The minimum absolute atomic E-state index is 0.0484. The van der Waals surface area contributed by atoms with Gasteiger partial charge in [-0.15, -0.1) is 0 Å². The number of aryl methyl sites for hydroxylation is 1. The van der Waals surface area contributed by atoms with Gasteiger partial charge in [-0.1, -0.05) is 11.6 Å². The lowest BCUT2D eigenvalue weighted by Gasteiger charge is -2.10. The molecule has 112 valence electrons. The number of hydrogen-bond donors (Lipinski definition) is 2. The average molecular weight is 392 g/mol. The molecule has 0 saturated carbocycles. The fourth-order valence-electron chi connectivity index (χ4n) is 1.63. The molecule has 0 aliphatic rings. The molecule has 4 nitrogen and oxygen atoms in total. The molecule has 2 N–H and O–H groups in total. The molecule has 2 rings (SSSR count). The van der Waals surface area contributed by atoms with E-state index in [4.69, 9.17) is 23.8 Å². The highest BCUT2D eigenvalue weighted by Crippen LogP contribution is 2.19. The molecular weight excluding hydrogens is 379 g/mol. The monoisotopic (exact) mass is 390 g/mol. The molecule has 2 aromatic rings. The van der Waals surface area contributed by atoms with E-state index in [2.05, 4.69) is 31.7 Å². The first-order valence-electron chi connectivity index (χ1n) is 6.21. The van der Waals surface area contributed by atoms with E-state index in [1.165, 1.54) is 12.1 Å². The Morgan fingerprint density at radius 3 is 2.90 bits per heavy atom. The van der Waals surface area contributed by atoms with E-state index in [1.807, 2.05) is 17.8 Å². The SMILES string of the molecule is CCn1cc(Br)c(CNC(=S)Nc2ccc(F)c(Cl)c2)n1. The summed E-state index contributed by atoms with van der Waals surface area (Å²) in [7, 11) is 0. The van der Waals surface area contributed by atoms with Crippen molar-refractivity contribution in [3.8, 4) is 0 Å². The van der Waals surface area contributed by atoms with Crippen LogP contribution in [0.15, 0.2) is 28.9 Å². The molecule has 1 aromatic heterocycles. The minimum atomic E-state index is -0.463. The Hall–Kier alpha value is -1.18. The van der Waals surface area contributed by atoms with Gasteiger partial charge in [0.05, 0.1) is 21.7 Å². The summed E-state index contributed by atoms with van der Waals surface area (Å²) >= 11 is 14.3. The molecule has 8 heteroatoms. The Morgan fingerprint density at radius 1 is 1.52 bits per heavy atom. The zero-order valence-corrected chi connectivity index (χ0v) is 14.3. The van der Waals surface area contributed by atoms with E-state index < -0.39 is 5.82 Å². The van der Waals surface area contributed by atoms with Crippen molar-refractivity contribution in [3.05, 3.63) is 45.4 Å². The van der Waals surface area contributed by atoms with Crippen LogP contribution in [-0.4, -0.2) is 14.9 Å². The molecule has 0 unspecified atom stereocenters. The van der Waals surface area contributed by atoms with Crippen LogP contribution in [0.3, 0.4) is 0 Å². The zero-order chi connectivity index (χ0) is 15.4. The van der Waals surface area contributed by atoms with Gasteiger partial charge in [0.1, 0.15) is 5.82 Å². The highest BCUT2D eigenvalue weighted by molar-refractivity contribution is 9.10. The number of nitrogens with one attached hydrogen (secondary N) is 2. The summed E-state index contributed by atoms with van der Waals surface area (Å²) in [5.41, 5.74) is 1.48. The molecule has 0 aliphatic carbocycles. The summed E-state index contributed by atoms with van der Waals surface area (Å²) in [5, 5.41) is 10.8. The van der Waals surface area contributed by atoms with Crippen LogP contribution in [-0.2, 0) is 13.1 Å². The molecule has 0 fully saturated rings. The second-order valence-electron chi connectivity index (χ2n) is 4.22. The quantitative estimate of drug-likeness (QED) is 0.775.